The Morgan fingerprint density at radius 2 is 2.03 bits per heavy atom. The predicted octanol–water partition coefficient (Wildman–Crippen LogP) is 3.04. The molecule has 1 saturated carbocycles. The van der Waals surface area contributed by atoms with Gasteiger partial charge in [0.05, 0.1) is 17.5 Å². The van der Waals surface area contributed by atoms with Crippen LogP contribution in [0.15, 0.2) is 35.4 Å². The number of hydrogen-bond acceptors (Lipinski definition) is 8. The highest BCUT2D eigenvalue weighted by molar-refractivity contribution is 6.14. The first kappa shape index (κ1) is 23.0. The molecular weight excluding hydrogens is 425 g/mol. The van der Waals surface area contributed by atoms with E-state index in [-0.39, 0.29) is 24.2 Å². The third-order valence-electron chi connectivity index (χ3n) is 4.93. The molecule has 2 atom stereocenters. The summed E-state index contributed by atoms with van der Waals surface area (Å²) in [5, 5.41) is 16.0. The molecule has 12 heteroatoms. The molecule has 1 fully saturated rings. The summed E-state index contributed by atoms with van der Waals surface area (Å²) in [6.07, 6.45) is 2.48. The second-order valence-corrected chi connectivity index (χ2v) is 7.28. The first-order valence-corrected chi connectivity index (χ1v) is 9.77. The van der Waals surface area contributed by atoms with Gasteiger partial charge < -0.3 is 27.5 Å². The number of hydrogen-bond donors (Lipinski definition) is 6. The van der Waals surface area contributed by atoms with E-state index < -0.39 is 35.5 Å². The molecule has 0 radical (unpaired) electrons. The van der Waals surface area contributed by atoms with Gasteiger partial charge in [-0.05, 0) is 37.1 Å². The minimum atomic E-state index is -3.14. The Morgan fingerprint density at radius 3 is 2.72 bits per heavy atom. The van der Waals surface area contributed by atoms with Crippen molar-refractivity contribution >= 4 is 41.3 Å². The van der Waals surface area contributed by atoms with Gasteiger partial charge in [-0.3, -0.25) is 10.2 Å². The maximum absolute atomic E-state index is 14.6. The van der Waals surface area contributed by atoms with E-state index in [1.54, 1.807) is 24.3 Å². The summed E-state index contributed by atoms with van der Waals surface area (Å²) >= 11 is 0. The zero-order valence-corrected chi connectivity index (χ0v) is 16.9. The van der Waals surface area contributed by atoms with Gasteiger partial charge in [-0.25, -0.2) is 18.2 Å². The predicted molar refractivity (Wildman–Crippen MR) is 118 cm³/mol. The van der Waals surface area contributed by atoms with E-state index in [9.17, 15) is 18.0 Å². The average molecular weight is 448 g/mol. The number of primary amides is 1. The highest BCUT2D eigenvalue weighted by Crippen LogP contribution is 2.35. The molecule has 1 aromatic heterocycles. The van der Waals surface area contributed by atoms with Gasteiger partial charge in [0.25, 0.3) is 11.8 Å². The number of alkyl halides is 2. The van der Waals surface area contributed by atoms with Crippen molar-refractivity contribution in [3.05, 3.63) is 41.7 Å². The van der Waals surface area contributed by atoms with Crippen molar-refractivity contribution in [1.29, 1.82) is 5.41 Å². The summed E-state index contributed by atoms with van der Waals surface area (Å²) in [6.45, 7) is 0. The van der Waals surface area contributed by atoms with Crippen LogP contribution in [0.3, 0.4) is 0 Å². The maximum atomic E-state index is 14.6. The molecule has 0 aliphatic heterocycles. The number of pyridine rings is 1. The lowest BCUT2D eigenvalue weighted by atomic mass is 9.87. The first-order chi connectivity index (χ1) is 15.2. The molecule has 1 aromatic carbocycles. The zero-order chi connectivity index (χ0) is 23.3. The maximum Gasteiger partial charge on any atom is 0.269 e. The normalized spacial score (nSPS) is 20.0. The van der Waals surface area contributed by atoms with E-state index in [1.807, 2.05) is 0 Å². The molecule has 1 aliphatic carbocycles. The van der Waals surface area contributed by atoms with Crippen LogP contribution in [0.2, 0.25) is 0 Å². The fourth-order valence-corrected chi connectivity index (χ4v) is 3.39. The molecule has 9 nitrogen and oxygen atoms in total. The number of nitrogens with one attached hydrogen (secondary N) is 4. The second kappa shape index (κ2) is 9.64. The largest absolute Gasteiger partial charge is 0.365 e. The van der Waals surface area contributed by atoms with Crippen LogP contribution in [0.25, 0.3) is 0 Å². The molecule has 1 amide bonds. The van der Waals surface area contributed by atoms with Crippen LogP contribution in [0.1, 0.15) is 29.6 Å². The molecule has 8 N–H and O–H groups in total. The van der Waals surface area contributed by atoms with E-state index in [2.05, 4.69) is 26.1 Å². The Morgan fingerprint density at radius 1 is 1.28 bits per heavy atom. The lowest BCUT2D eigenvalue weighted by Crippen LogP contribution is -2.55. The Kier molecular flexibility index (Phi) is 6.93. The minimum absolute atomic E-state index is 0.116. The standard InChI is InChI=1S/C20H23F3N8O/c21-14-10-13(17(26)32)18(28-11-3-1-4-12(9-11)31-27-8-7-24)30-19(14)29-16-15(25)5-2-6-20(16,22)23/h1,3-4,7-10,15-16,24,31H,2,5-6,25H2,(H2,26,32)(H2,28,29,30)/b24-7?,27-8-/t15-,16-/m0/s1. The topological polar surface area (TPSA) is 154 Å². The number of anilines is 4. The molecule has 0 saturated heterocycles. The van der Waals surface area contributed by atoms with Gasteiger partial charge in [0.2, 0.25) is 0 Å². The highest BCUT2D eigenvalue weighted by Gasteiger charge is 2.46. The Hall–Kier alpha value is -3.67. The fraction of sp³-hybridized carbons (Fsp3) is 0.300. The summed E-state index contributed by atoms with van der Waals surface area (Å²) in [4.78, 5) is 15.8. The zero-order valence-electron chi connectivity index (χ0n) is 16.9. The van der Waals surface area contributed by atoms with Gasteiger partial charge in [-0.1, -0.05) is 6.07 Å². The fourth-order valence-electron chi connectivity index (χ4n) is 3.39. The van der Waals surface area contributed by atoms with Gasteiger partial charge in [0.1, 0.15) is 11.9 Å². The van der Waals surface area contributed by atoms with Crippen molar-refractivity contribution in [2.45, 2.75) is 37.3 Å². The molecule has 0 spiro atoms. The van der Waals surface area contributed by atoms with E-state index in [1.165, 1.54) is 6.21 Å². The Bertz CT molecular complexity index is 1030. The van der Waals surface area contributed by atoms with Crippen molar-refractivity contribution in [2.24, 2.45) is 16.6 Å². The lowest BCUT2D eigenvalue weighted by Gasteiger charge is -2.36. The second-order valence-electron chi connectivity index (χ2n) is 7.28. The van der Waals surface area contributed by atoms with E-state index >= 15 is 0 Å². The number of amides is 1. The number of benzene rings is 1. The van der Waals surface area contributed by atoms with Gasteiger partial charge in [-0.15, -0.1) is 0 Å². The molecule has 170 valence electrons. The summed E-state index contributed by atoms with van der Waals surface area (Å²) < 4.78 is 43.3. The van der Waals surface area contributed by atoms with Crippen molar-refractivity contribution in [1.82, 2.24) is 4.98 Å². The molecule has 0 unspecified atom stereocenters. The summed E-state index contributed by atoms with van der Waals surface area (Å²) in [5.74, 6) is -5.68. The smallest absolute Gasteiger partial charge is 0.269 e. The van der Waals surface area contributed by atoms with Crippen molar-refractivity contribution in [3.8, 4) is 0 Å². The van der Waals surface area contributed by atoms with Crippen molar-refractivity contribution < 1.29 is 18.0 Å². The Labute approximate surface area is 182 Å². The van der Waals surface area contributed by atoms with Crippen molar-refractivity contribution in [3.63, 3.8) is 0 Å². The Balaban J connectivity index is 1.92. The molecule has 32 heavy (non-hydrogen) atoms. The van der Waals surface area contributed by atoms with Gasteiger partial charge >= 0.3 is 0 Å². The molecular formula is C20H23F3N8O. The van der Waals surface area contributed by atoms with Crippen LogP contribution in [0, 0.1) is 11.2 Å². The minimum Gasteiger partial charge on any atom is -0.365 e. The lowest BCUT2D eigenvalue weighted by molar-refractivity contribution is -0.0512. The van der Waals surface area contributed by atoms with Crippen molar-refractivity contribution in [2.75, 3.05) is 16.1 Å². The van der Waals surface area contributed by atoms with E-state index in [4.69, 9.17) is 16.9 Å². The first-order valence-electron chi connectivity index (χ1n) is 9.77. The molecule has 3 rings (SSSR count). The van der Waals surface area contributed by atoms with Crippen LogP contribution >= 0.6 is 0 Å². The number of nitrogens with two attached hydrogens (primary N) is 2. The molecule has 2 aromatic rings. The van der Waals surface area contributed by atoms with Crippen LogP contribution in [-0.4, -0.2) is 41.3 Å². The number of carbonyl (C=O) groups excluding carboxylic acids is 1. The number of rotatable bonds is 8. The van der Waals surface area contributed by atoms with Crippen LogP contribution in [0.4, 0.5) is 36.2 Å². The molecule has 1 heterocycles. The number of halogens is 3. The summed E-state index contributed by atoms with van der Waals surface area (Å²) in [6, 6.07) is 5.04. The summed E-state index contributed by atoms with van der Waals surface area (Å²) in [5.41, 5.74) is 14.6. The highest BCUT2D eigenvalue weighted by atomic mass is 19.3. The van der Waals surface area contributed by atoms with Gasteiger partial charge in [0.15, 0.2) is 11.6 Å². The number of hydrazone groups is 1. The number of aromatic nitrogens is 1. The SMILES string of the molecule is N=C/C=N\Nc1cccc(Nc2nc(N[C@H]3[C@@H](N)CCCC3(F)F)c(F)cc2C(N)=O)c1. The third kappa shape index (κ3) is 5.32. The molecule has 0 bridgehead atoms. The monoisotopic (exact) mass is 448 g/mol. The quantitative estimate of drug-likeness (QED) is 0.269. The summed E-state index contributed by atoms with van der Waals surface area (Å²) in [7, 11) is 0. The average Bonchev–Trinajstić information content (AvgIpc) is 2.73. The van der Waals surface area contributed by atoms with E-state index in [0.717, 1.165) is 12.3 Å². The van der Waals surface area contributed by atoms with Gasteiger partial charge in [0, 0.05) is 24.4 Å². The number of nitrogens with zero attached hydrogens (tertiary/aromatic N) is 2. The third-order valence-corrected chi connectivity index (χ3v) is 4.93. The number of carbonyl (C=O) groups is 1. The molecule has 1 aliphatic rings. The van der Waals surface area contributed by atoms with Crippen LogP contribution < -0.4 is 27.5 Å². The van der Waals surface area contributed by atoms with Crippen LogP contribution in [0.5, 0.6) is 0 Å². The van der Waals surface area contributed by atoms with Gasteiger partial charge in [-0.2, -0.15) is 5.10 Å². The van der Waals surface area contributed by atoms with E-state index in [0.29, 0.717) is 17.8 Å². The van der Waals surface area contributed by atoms with Crippen LogP contribution in [-0.2, 0) is 0 Å².